The van der Waals surface area contributed by atoms with Crippen LogP contribution in [0.4, 0.5) is 0 Å². The molecule has 1 fully saturated rings. The summed E-state index contributed by atoms with van der Waals surface area (Å²) in [6, 6.07) is 18.8. The van der Waals surface area contributed by atoms with Crippen molar-refractivity contribution >= 4 is 5.91 Å². The number of benzene rings is 2. The largest absolute Gasteiger partial charge is 0.381 e. The number of ether oxygens (including phenoxy) is 1. The summed E-state index contributed by atoms with van der Waals surface area (Å²) in [5, 5.41) is 7.07. The van der Waals surface area contributed by atoms with Gasteiger partial charge in [0, 0.05) is 31.3 Å². The zero-order chi connectivity index (χ0) is 20.9. The van der Waals surface area contributed by atoms with Gasteiger partial charge in [0.15, 0.2) is 0 Å². The molecule has 0 aliphatic carbocycles. The minimum atomic E-state index is -0.581. The number of aryl methyl sites for hydroxylation is 1. The van der Waals surface area contributed by atoms with Gasteiger partial charge in [-0.2, -0.15) is 0 Å². The lowest BCUT2D eigenvalue weighted by atomic mass is 9.80. The molecule has 1 amide bonds. The standard InChI is InChI=1S/C25H34N2O2/c1-19-10-8-9-13-22(19)24(3,4)23(28)26-18-25(14-16-29-17-15-25)27-20(2)21-11-6-5-7-12-21/h5-13,20,27H,14-18H2,1-4H3,(H,26,28)/t20-/m1/s1. The summed E-state index contributed by atoms with van der Waals surface area (Å²) in [6.07, 6.45) is 1.77. The fourth-order valence-electron chi connectivity index (χ4n) is 4.29. The van der Waals surface area contributed by atoms with Gasteiger partial charge in [0.1, 0.15) is 0 Å². The van der Waals surface area contributed by atoms with E-state index in [2.05, 4.69) is 60.9 Å². The minimum absolute atomic E-state index is 0.0619. The molecular formula is C25H34N2O2. The molecule has 4 nitrogen and oxygen atoms in total. The molecule has 3 rings (SSSR count). The number of amides is 1. The van der Waals surface area contributed by atoms with Crippen molar-refractivity contribution in [3.05, 3.63) is 71.3 Å². The lowest BCUT2D eigenvalue weighted by molar-refractivity contribution is -0.126. The predicted octanol–water partition coefficient (Wildman–Crippen LogP) is 4.29. The molecule has 2 N–H and O–H groups in total. The first-order valence-electron chi connectivity index (χ1n) is 10.6. The summed E-state index contributed by atoms with van der Waals surface area (Å²) in [4.78, 5) is 13.2. The molecule has 1 heterocycles. The Labute approximate surface area is 175 Å². The molecule has 2 aromatic carbocycles. The van der Waals surface area contributed by atoms with Crippen LogP contribution in [-0.4, -0.2) is 31.2 Å². The highest BCUT2D eigenvalue weighted by Crippen LogP contribution is 2.28. The third kappa shape index (κ3) is 5.06. The Morgan fingerprint density at radius 1 is 1.07 bits per heavy atom. The lowest BCUT2D eigenvalue weighted by Crippen LogP contribution is -2.58. The van der Waals surface area contributed by atoms with Crippen LogP contribution >= 0.6 is 0 Å². The average Bonchev–Trinajstić information content (AvgIpc) is 2.73. The van der Waals surface area contributed by atoms with E-state index < -0.39 is 5.41 Å². The average molecular weight is 395 g/mol. The van der Waals surface area contributed by atoms with Gasteiger partial charge in [0.2, 0.25) is 5.91 Å². The Kier molecular flexibility index (Phi) is 6.76. The molecule has 1 atom stereocenters. The van der Waals surface area contributed by atoms with E-state index in [0.717, 1.165) is 24.0 Å². The van der Waals surface area contributed by atoms with Gasteiger partial charge in [0.25, 0.3) is 0 Å². The van der Waals surface area contributed by atoms with Gasteiger partial charge >= 0.3 is 0 Å². The summed E-state index contributed by atoms with van der Waals surface area (Å²) in [5.41, 5.74) is 2.73. The van der Waals surface area contributed by atoms with Crippen LogP contribution in [-0.2, 0) is 14.9 Å². The molecular weight excluding hydrogens is 360 g/mol. The molecule has 29 heavy (non-hydrogen) atoms. The Hall–Kier alpha value is -2.17. The van der Waals surface area contributed by atoms with Gasteiger partial charge in [-0.15, -0.1) is 0 Å². The summed E-state index contributed by atoms with van der Waals surface area (Å²) in [6.45, 7) is 10.3. The second-order valence-corrected chi connectivity index (χ2v) is 8.79. The first-order valence-corrected chi connectivity index (χ1v) is 10.6. The van der Waals surface area contributed by atoms with Crippen molar-refractivity contribution in [2.24, 2.45) is 0 Å². The van der Waals surface area contributed by atoms with E-state index in [1.807, 2.05) is 32.0 Å². The Morgan fingerprint density at radius 2 is 1.69 bits per heavy atom. The topological polar surface area (TPSA) is 50.4 Å². The lowest BCUT2D eigenvalue weighted by Gasteiger charge is -2.41. The van der Waals surface area contributed by atoms with Crippen LogP contribution in [0.1, 0.15) is 56.3 Å². The van der Waals surface area contributed by atoms with E-state index in [-0.39, 0.29) is 17.5 Å². The highest BCUT2D eigenvalue weighted by atomic mass is 16.5. The number of carbonyl (C=O) groups is 1. The second-order valence-electron chi connectivity index (χ2n) is 8.79. The molecule has 0 bridgehead atoms. The van der Waals surface area contributed by atoms with Crippen molar-refractivity contribution in [1.82, 2.24) is 10.6 Å². The Morgan fingerprint density at radius 3 is 2.34 bits per heavy atom. The molecule has 0 unspecified atom stereocenters. The fraction of sp³-hybridized carbons (Fsp3) is 0.480. The van der Waals surface area contributed by atoms with Crippen molar-refractivity contribution in [2.75, 3.05) is 19.8 Å². The third-order valence-electron chi connectivity index (χ3n) is 6.25. The Bertz CT molecular complexity index is 811. The van der Waals surface area contributed by atoms with Crippen molar-refractivity contribution in [3.63, 3.8) is 0 Å². The monoisotopic (exact) mass is 394 g/mol. The van der Waals surface area contributed by atoms with E-state index in [0.29, 0.717) is 19.8 Å². The van der Waals surface area contributed by atoms with Crippen LogP contribution in [0, 0.1) is 6.92 Å². The van der Waals surface area contributed by atoms with Crippen LogP contribution in [0.2, 0.25) is 0 Å². The molecule has 1 aliphatic rings. The van der Waals surface area contributed by atoms with Crippen LogP contribution < -0.4 is 10.6 Å². The molecule has 1 saturated heterocycles. The van der Waals surface area contributed by atoms with Gasteiger partial charge < -0.3 is 15.4 Å². The van der Waals surface area contributed by atoms with Gasteiger partial charge in [-0.25, -0.2) is 0 Å². The maximum atomic E-state index is 13.2. The first-order chi connectivity index (χ1) is 13.8. The highest BCUT2D eigenvalue weighted by Gasteiger charge is 2.37. The van der Waals surface area contributed by atoms with Crippen LogP contribution in [0.15, 0.2) is 54.6 Å². The maximum absolute atomic E-state index is 13.2. The van der Waals surface area contributed by atoms with Gasteiger partial charge in [-0.1, -0.05) is 54.6 Å². The highest BCUT2D eigenvalue weighted by molar-refractivity contribution is 5.87. The Balaban J connectivity index is 1.72. The van der Waals surface area contributed by atoms with E-state index >= 15 is 0 Å². The van der Waals surface area contributed by atoms with E-state index in [4.69, 9.17) is 4.74 Å². The molecule has 0 radical (unpaired) electrons. The van der Waals surface area contributed by atoms with Crippen LogP contribution in [0.3, 0.4) is 0 Å². The summed E-state index contributed by atoms with van der Waals surface area (Å²) < 4.78 is 5.62. The number of hydrogen-bond donors (Lipinski definition) is 2. The molecule has 156 valence electrons. The first kappa shape index (κ1) is 21.5. The van der Waals surface area contributed by atoms with Gasteiger partial charge in [-0.3, -0.25) is 4.79 Å². The summed E-state index contributed by atoms with van der Waals surface area (Å²) in [5.74, 6) is 0.0619. The maximum Gasteiger partial charge on any atom is 0.230 e. The molecule has 2 aromatic rings. The molecule has 1 aliphatic heterocycles. The van der Waals surface area contributed by atoms with E-state index in [1.165, 1.54) is 5.56 Å². The van der Waals surface area contributed by atoms with Crippen LogP contribution in [0.5, 0.6) is 0 Å². The summed E-state index contributed by atoms with van der Waals surface area (Å²) in [7, 11) is 0. The normalized spacial score (nSPS) is 17.5. The van der Waals surface area contributed by atoms with Crippen LogP contribution in [0.25, 0.3) is 0 Å². The van der Waals surface area contributed by atoms with Crippen molar-refractivity contribution in [1.29, 1.82) is 0 Å². The second kappa shape index (κ2) is 9.10. The zero-order valence-electron chi connectivity index (χ0n) is 18.1. The smallest absolute Gasteiger partial charge is 0.230 e. The number of hydrogen-bond acceptors (Lipinski definition) is 3. The molecule has 4 heteroatoms. The SMILES string of the molecule is Cc1ccccc1C(C)(C)C(=O)NCC1(N[C@H](C)c2ccccc2)CCOCC1. The van der Waals surface area contributed by atoms with Gasteiger partial charge in [-0.05, 0) is 57.2 Å². The minimum Gasteiger partial charge on any atom is -0.381 e. The van der Waals surface area contributed by atoms with E-state index in [9.17, 15) is 4.79 Å². The van der Waals surface area contributed by atoms with E-state index in [1.54, 1.807) is 0 Å². The molecule has 0 spiro atoms. The third-order valence-corrected chi connectivity index (χ3v) is 6.25. The van der Waals surface area contributed by atoms with Gasteiger partial charge in [0.05, 0.1) is 5.41 Å². The fourth-order valence-corrected chi connectivity index (χ4v) is 4.29. The molecule has 0 aromatic heterocycles. The zero-order valence-corrected chi connectivity index (χ0v) is 18.1. The quantitative estimate of drug-likeness (QED) is 0.737. The number of carbonyl (C=O) groups excluding carboxylic acids is 1. The molecule has 0 saturated carbocycles. The van der Waals surface area contributed by atoms with Crippen molar-refractivity contribution in [3.8, 4) is 0 Å². The van der Waals surface area contributed by atoms with Crippen molar-refractivity contribution in [2.45, 2.75) is 57.5 Å². The summed E-state index contributed by atoms with van der Waals surface area (Å²) >= 11 is 0. The number of rotatable bonds is 7. The van der Waals surface area contributed by atoms with Crippen molar-refractivity contribution < 1.29 is 9.53 Å². The number of nitrogens with one attached hydrogen (secondary N) is 2. The predicted molar refractivity (Wildman–Crippen MR) is 118 cm³/mol.